The molecule has 148 valence electrons. The molecular formula is C24H24N2O3. The van der Waals surface area contributed by atoms with E-state index in [1.165, 1.54) is 0 Å². The molecule has 3 aromatic rings. The number of carboxylic acids is 1. The van der Waals surface area contributed by atoms with E-state index in [2.05, 4.69) is 0 Å². The number of amides is 1. The highest BCUT2D eigenvalue weighted by molar-refractivity contribution is 5.94. The Bertz CT molecular complexity index is 1000. The lowest BCUT2D eigenvalue weighted by Crippen LogP contribution is -2.39. The first-order valence-electron chi connectivity index (χ1n) is 9.95. The number of aromatic nitrogens is 1. The van der Waals surface area contributed by atoms with Crippen molar-refractivity contribution >= 4 is 11.9 Å². The van der Waals surface area contributed by atoms with Gasteiger partial charge in [0.25, 0.3) is 5.91 Å². The molecule has 5 heteroatoms. The number of carbonyl (C=O) groups is 2. The van der Waals surface area contributed by atoms with Crippen LogP contribution in [0.1, 0.15) is 39.1 Å². The van der Waals surface area contributed by atoms with Gasteiger partial charge in [-0.25, -0.2) is 4.79 Å². The van der Waals surface area contributed by atoms with Crippen molar-refractivity contribution < 1.29 is 14.7 Å². The average molecular weight is 388 g/mol. The summed E-state index contributed by atoms with van der Waals surface area (Å²) in [5.41, 5.74) is 2.93. The summed E-state index contributed by atoms with van der Waals surface area (Å²) in [5.74, 6) is -0.426. The van der Waals surface area contributed by atoms with E-state index in [-0.39, 0.29) is 5.91 Å². The summed E-state index contributed by atoms with van der Waals surface area (Å²) in [6.45, 7) is 1.40. The van der Waals surface area contributed by atoms with Crippen LogP contribution in [0, 0.1) is 5.92 Å². The highest BCUT2D eigenvalue weighted by Gasteiger charge is 2.25. The summed E-state index contributed by atoms with van der Waals surface area (Å²) in [5, 5.41) is 9.37. The fraction of sp³-hybridized carbons (Fsp3) is 0.250. The molecule has 0 atom stereocenters. The summed E-state index contributed by atoms with van der Waals surface area (Å²) in [6, 6.07) is 18.8. The zero-order valence-corrected chi connectivity index (χ0v) is 16.2. The number of rotatable bonds is 5. The molecule has 2 heterocycles. The van der Waals surface area contributed by atoms with E-state index >= 15 is 0 Å². The van der Waals surface area contributed by atoms with Gasteiger partial charge in [0, 0.05) is 36.7 Å². The van der Waals surface area contributed by atoms with Crippen molar-refractivity contribution in [2.24, 2.45) is 5.92 Å². The maximum Gasteiger partial charge on any atom is 0.335 e. The number of carbonyl (C=O) groups excluding carboxylic acids is 1. The molecule has 0 spiro atoms. The van der Waals surface area contributed by atoms with Crippen molar-refractivity contribution in [2.75, 3.05) is 13.1 Å². The smallest absolute Gasteiger partial charge is 0.335 e. The number of piperidine rings is 1. The molecule has 4 rings (SSSR count). The van der Waals surface area contributed by atoms with Crippen LogP contribution in [0.15, 0.2) is 73.1 Å². The third-order valence-corrected chi connectivity index (χ3v) is 5.65. The Balaban J connectivity index is 1.39. The van der Waals surface area contributed by atoms with Gasteiger partial charge in [-0.1, -0.05) is 24.3 Å². The lowest BCUT2D eigenvalue weighted by Gasteiger charge is -2.32. The predicted octanol–water partition coefficient (Wildman–Crippen LogP) is 4.27. The van der Waals surface area contributed by atoms with E-state index in [0.29, 0.717) is 30.1 Å². The van der Waals surface area contributed by atoms with Crippen LogP contribution in [-0.2, 0) is 6.42 Å². The summed E-state index contributed by atoms with van der Waals surface area (Å²) < 4.78 is 1.99. The lowest BCUT2D eigenvalue weighted by molar-refractivity contribution is 0.0690. The van der Waals surface area contributed by atoms with Gasteiger partial charge in [0.05, 0.1) is 5.56 Å². The SMILES string of the molecule is O=C(O)c1ccccc1CC1CCN(C(=O)c2cccc(-n3cccc3)c2)CC1. The molecule has 1 aromatic heterocycles. The van der Waals surface area contributed by atoms with Crippen molar-refractivity contribution in [3.05, 3.63) is 89.7 Å². The number of carboxylic acid groups (broad SMARTS) is 1. The monoisotopic (exact) mass is 388 g/mol. The molecule has 0 bridgehead atoms. The molecule has 1 aliphatic rings. The Morgan fingerprint density at radius 3 is 2.38 bits per heavy atom. The van der Waals surface area contributed by atoms with Crippen molar-refractivity contribution in [3.63, 3.8) is 0 Å². The van der Waals surface area contributed by atoms with Gasteiger partial charge in [-0.3, -0.25) is 4.79 Å². The predicted molar refractivity (Wildman–Crippen MR) is 112 cm³/mol. The number of benzene rings is 2. The van der Waals surface area contributed by atoms with Crippen LogP contribution < -0.4 is 0 Å². The Kier molecular flexibility index (Phi) is 5.47. The highest BCUT2D eigenvalue weighted by atomic mass is 16.4. The first kappa shape index (κ1) is 19.0. The van der Waals surface area contributed by atoms with E-state index in [9.17, 15) is 14.7 Å². The maximum atomic E-state index is 13.0. The minimum Gasteiger partial charge on any atom is -0.478 e. The fourth-order valence-electron chi connectivity index (χ4n) is 4.05. The molecule has 5 nitrogen and oxygen atoms in total. The Morgan fingerprint density at radius 2 is 1.66 bits per heavy atom. The Labute approximate surface area is 170 Å². The third-order valence-electron chi connectivity index (χ3n) is 5.65. The van der Waals surface area contributed by atoms with Gasteiger partial charge in [-0.15, -0.1) is 0 Å². The molecule has 0 unspecified atom stereocenters. The first-order valence-corrected chi connectivity index (χ1v) is 9.95. The van der Waals surface area contributed by atoms with Crippen molar-refractivity contribution in [2.45, 2.75) is 19.3 Å². The van der Waals surface area contributed by atoms with Crippen LogP contribution in [0.25, 0.3) is 5.69 Å². The number of hydrogen-bond acceptors (Lipinski definition) is 2. The van der Waals surface area contributed by atoms with Gasteiger partial charge < -0.3 is 14.6 Å². The summed E-state index contributed by atoms with van der Waals surface area (Å²) in [6.07, 6.45) is 6.44. The second-order valence-electron chi connectivity index (χ2n) is 7.54. The van der Waals surface area contributed by atoms with Crippen LogP contribution in [-0.4, -0.2) is 39.5 Å². The van der Waals surface area contributed by atoms with E-state index in [4.69, 9.17) is 0 Å². The van der Waals surface area contributed by atoms with Gasteiger partial charge in [-0.2, -0.15) is 0 Å². The van der Waals surface area contributed by atoms with E-state index < -0.39 is 5.97 Å². The third kappa shape index (κ3) is 4.24. The van der Waals surface area contributed by atoms with Crippen LogP contribution in [0.2, 0.25) is 0 Å². The number of likely N-dealkylation sites (tertiary alicyclic amines) is 1. The zero-order chi connectivity index (χ0) is 20.2. The standard InChI is InChI=1S/C24H24N2O3/c27-23(20-7-5-8-21(17-20)25-12-3-4-13-25)26-14-10-18(11-15-26)16-19-6-1-2-9-22(19)24(28)29/h1-9,12-13,17-18H,10-11,14-16H2,(H,28,29). The molecule has 29 heavy (non-hydrogen) atoms. The summed E-state index contributed by atoms with van der Waals surface area (Å²) in [4.78, 5) is 26.3. The topological polar surface area (TPSA) is 62.5 Å². The molecule has 1 aliphatic heterocycles. The van der Waals surface area contributed by atoms with E-state index in [0.717, 1.165) is 30.5 Å². The molecule has 1 saturated heterocycles. The van der Waals surface area contributed by atoms with Crippen LogP contribution >= 0.6 is 0 Å². The van der Waals surface area contributed by atoms with E-state index in [1.807, 2.05) is 70.4 Å². The minimum absolute atomic E-state index is 0.0587. The molecule has 1 amide bonds. The van der Waals surface area contributed by atoms with Gasteiger partial charge in [0.2, 0.25) is 0 Å². The van der Waals surface area contributed by atoms with Crippen molar-refractivity contribution in [1.29, 1.82) is 0 Å². The van der Waals surface area contributed by atoms with Crippen molar-refractivity contribution in [1.82, 2.24) is 9.47 Å². The van der Waals surface area contributed by atoms with Gasteiger partial charge in [-0.05, 0) is 67.1 Å². The molecule has 1 N–H and O–H groups in total. The zero-order valence-electron chi connectivity index (χ0n) is 16.2. The molecule has 0 aliphatic carbocycles. The summed E-state index contributed by atoms with van der Waals surface area (Å²) >= 11 is 0. The Morgan fingerprint density at radius 1 is 0.931 bits per heavy atom. The first-order chi connectivity index (χ1) is 14.1. The molecule has 0 saturated carbocycles. The van der Waals surface area contributed by atoms with E-state index in [1.54, 1.807) is 12.1 Å². The molecule has 0 radical (unpaired) electrons. The maximum absolute atomic E-state index is 13.0. The van der Waals surface area contributed by atoms with Crippen molar-refractivity contribution in [3.8, 4) is 5.69 Å². The number of aromatic carboxylic acids is 1. The number of hydrogen-bond donors (Lipinski definition) is 1. The fourth-order valence-corrected chi connectivity index (χ4v) is 4.05. The van der Waals surface area contributed by atoms with Gasteiger partial charge in [0.15, 0.2) is 0 Å². The normalized spacial score (nSPS) is 14.7. The molecular weight excluding hydrogens is 364 g/mol. The second kappa shape index (κ2) is 8.35. The quantitative estimate of drug-likeness (QED) is 0.710. The van der Waals surface area contributed by atoms with Crippen LogP contribution in [0.5, 0.6) is 0 Å². The Hall–Kier alpha value is -3.34. The molecule has 2 aromatic carbocycles. The van der Waals surface area contributed by atoms with Gasteiger partial charge in [0.1, 0.15) is 0 Å². The second-order valence-corrected chi connectivity index (χ2v) is 7.54. The largest absolute Gasteiger partial charge is 0.478 e. The minimum atomic E-state index is -0.879. The van der Waals surface area contributed by atoms with Crippen LogP contribution in [0.4, 0.5) is 0 Å². The number of nitrogens with zero attached hydrogens (tertiary/aromatic N) is 2. The van der Waals surface area contributed by atoms with Crippen LogP contribution in [0.3, 0.4) is 0 Å². The highest BCUT2D eigenvalue weighted by Crippen LogP contribution is 2.25. The molecule has 1 fully saturated rings. The van der Waals surface area contributed by atoms with Gasteiger partial charge >= 0.3 is 5.97 Å². The average Bonchev–Trinajstić information content (AvgIpc) is 3.29. The lowest BCUT2D eigenvalue weighted by atomic mass is 9.88. The summed E-state index contributed by atoms with van der Waals surface area (Å²) in [7, 11) is 0.